The molecule has 0 amide bonds. The van der Waals surface area contributed by atoms with Crippen molar-refractivity contribution in [2.75, 3.05) is 49.3 Å². The molecule has 0 unspecified atom stereocenters. The Morgan fingerprint density at radius 1 is 1.19 bits per heavy atom. The van der Waals surface area contributed by atoms with Crippen molar-refractivity contribution in [3.63, 3.8) is 0 Å². The Kier molecular flexibility index (Phi) is 6.61. The fraction of sp³-hybridized carbons (Fsp3) is 0.786. The van der Waals surface area contributed by atoms with Crippen molar-refractivity contribution < 1.29 is 4.74 Å². The molecule has 0 saturated carbocycles. The highest BCUT2D eigenvalue weighted by Gasteiger charge is 2.18. The van der Waals surface area contributed by atoms with Crippen LogP contribution in [-0.2, 0) is 4.74 Å². The van der Waals surface area contributed by atoms with Gasteiger partial charge in [0.2, 0.25) is 17.8 Å². The largest absolute Gasteiger partial charge is 0.385 e. The molecule has 7 heteroatoms. The third kappa shape index (κ3) is 5.71. The standard InChI is InChI=1S/C14H28N6O/c1-6-20(7-2)13-18-11(15)17-12(19-13)16-10-14(3,4)8-9-21-5/h6-10H2,1-5H3,(H3,15,16,17,18,19). The van der Waals surface area contributed by atoms with Gasteiger partial charge in [0.15, 0.2) is 0 Å². The number of methoxy groups -OCH3 is 1. The molecule has 7 nitrogen and oxygen atoms in total. The first-order chi connectivity index (χ1) is 9.91. The first kappa shape index (κ1) is 17.4. The van der Waals surface area contributed by atoms with Crippen LogP contribution >= 0.6 is 0 Å². The summed E-state index contributed by atoms with van der Waals surface area (Å²) < 4.78 is 5.13. The lowest BCUT2D eigenvalue weighted by Crippen LogP contribution is -2.28. The maximum Gasteiger partial charge on any atom is 0.231 e. The van der Waals surface area contributed by atoms with Gasteiger partial charge in [-0.15, -0.1) is 0 Å². The van der Waals surface area contributed by atoms with Gasteiger partial charge >= 0.3 is 0 Å². The fourth-order valence-electron chi connectivity index (χ4n) is 1.89. The molecule has 0 spiro atoms. The number of nitrogen functional groups attached to an aromatic ring is 1. The Morgan fingerprint density at radius 2 is 1.86 bits per heavy atom. The quantitative estimate of drug-likeness (QED) is 0.718. The van der Waals surface area contributed by atoms with E-state index in [-0.39, 0.29) is 11.4 Å². The molecule has 21 heavy (non-hydrogen) atoms. The average Bonchev–Trinajstić information content (AvgIpc) is 2.44. The SMILES string of the molecule is CCN(CC)c1nc(N)nc(NCC(C)(C)CCOC)n1. The summed E-state index contributed by atoms with van der Waals surface area (Å²) in [6.07, 6.45) is 0.958. The van der Waals surface area contributed by atoms with E-state index in [1.807, 2.05) is 4.90 Å². The molecule has 0 aliphatic rings. The lowest BCUT2D eigenvalue weighted by atomic mass is 9.90. The van der Waals surface area contributed by atoms with Crippen LogP contribution in [0.5, 0.6) is 0 Å². The molecular weight excluding hydrogens is 268 g/mol. The second kappa shape index (κ2) is 7.97. The van der Waals surface area contributed by atoms with Crippen LogP contribution in [0.4, 0.5) is 17.8 Å². The monoisotopic (exact) mass is 296 g/mol. The number of nitrogens with zero attached hydrogens (tertiary/aromatic N) is 4. The molecule has 1 aromatic rings. The maximum absolute atomic E-state index is 5.78. The van der Waals surface area contributed by atoms with E-state index in [1.54, 1.807) is 7.11 Å². The first-order valence-corrected chi connectivity index (χ1v) is 7.41. The zero-order valence-electron chi connectivity index (χ0n) is 13.8. The van der Waals surface area contributed by atoms with Crippen molar-refractivity contribution in [1.82, 2.24) is 15.0 Å². The van der Waals surface area contributed by atoms with E-state index in [2.05, 4.69) is 48.0 Å². The smallest absolute Gasteiger partial charge is 0.231 e. The summed E-state index contributed by atoms with van der Waals surface area (Å²) in [5.41, 5.74) is 5.87. The maximum atomic E-state index is 5.78. The van der Waals surface area contributed by atoms with Crippen molar-refractivity contribution in [3.8, 4) is 0 Å². The Balaban J connectivity index is 2.75. The van der Waals surface area contributed by atoms with Gasteiger partial charge in [0, 0.05) is 33.4 Å². The van der Waals surface area contributed by atoms with E-state index >= 15 is 0 Å². The third-order valence-corrected chi connectivity index (χ3v) is 3.40. The molecule has 120 valence electrons. The lowest BCUT2D eigenvalue weighted by molar-refractivity contribution is 0.157. The normalized spacial score (nSPS) is 11.5. The van der Waals surface area contributed by atoms with Crippen LogP contribution in [0.2, 0.25) is 0 Å². The van der Waals surface area contributed by atoms with Crippen LogP contribution in [0.3, 0.4) is 0 Å². The molecule has 3 N–H and O–H groups in total. The minimum atomic E-state index is 0.0900. The number of hydrogen-bond acceptors (Lipinski definition) is 7. The summed E-state index contributed by atoms with van der Waals surface area (Å²) in [5, 5.41) is 3.25. The molecule has 1 heterocycles. The number of hydrogen-bond donors (Lipinski definition) is 2. The number of aromatic nitrogens is 3. The number of rotatable bonds is 9. The number of ether oxygens (including phenoxy) is 1. The number of nitrogens with one attached hydrogen (secondary N) is 1. The molecule has 0 fully saturated rings. The van der Waals surface area contributed by atoms with Crippen LogP contribution < -0.4 is 16.0 Å². The molecule has 1 aromatic heterocycles. The summed E-state index contributed by atoms with van der Waals surface area (Å²) >= 11 is 0. The molecule has 0 aliphatic carbocycles. The highest BCUT2D eigenvalue weighted by atomic mass is 16.5. The topological polar surface area (TPSA) is 89.2 Å². The Labute approximate surface area is 127 Å². The highest BCUT2D eigenvalue weighted by molar-refractivity contribution is 5.41. The predicted octanol–water partition coefficient (Wildman–Crippen LogP) is 1.77. The molecule has 0 radical (unpaired) electrons. The van der Waals surface area contributed by atoms with Crippen LogP contribution in [0.15, 0.2) is 0 Å². The summed E-state index contributed by atoms with van der Waals surface area (Å²) in [4.78, 5) is 14.8. The van der Waals surface area contributed by atoms with E-state index in [1.165, 1.54) is 0 Å². The average molecular weight is 296 g/mol. The fourth-order valence-corrected chi connectivity index (χ4v) is 1.89. The third-order valence-electron chi connectivity index (χ3n) is 3.40. The second-order valence-electron chi connectivity index (χ2n) is 5.75. The zero-order valence-corrected chi connectivity index (χ0v) is 13.8. The summed E-state index contributed by atoms with van der Waals surface area (Å²) in [6, 6.07) is 0. The van der Waals surface area contributed by atoms with Gasteiger partial charge in [-0.2, -0.15) is 15.0 Å². The van der Waals surface area contributed by atoms with Gasteiger partial charge in [0.1, 0.15) is 0 Å². The number of nitrogens with two attached hydrogens (primary N) is 1. The minimum Gasteiger partial charge on any atom is -0.385 e. The van der Waals surface area contributed by atoms with E-state index in [4.69, 9.17) is 10.5 Å². The highest BCUT2D eigenvalue weighted by Crippen LogP contribution is 2.21. The predicted molar refractivity (Wildman–Crippen MR) is 86.6 cm³/mol. The molecule has 0 aromatic carbocycles. The summed E-state index contributed by atoms with van der Waals surface area (Å²) in [6.45, 7) is 11.6. The molecule has 1 rings (SSSR count). The van der Waals surface area contributed by atoms with Crippen molar-refractivity contribution in [3.05, 3.63) is 0 Å². The molecular formula is C14H28N6O. The first-order valence-electron chi connectivity index (χ1n) is 7.41. The van der Waals surface area contributed by atoms with Crippen LogP contribution in [0, 0.1) is 5.41 Å². The second-order valence-corrected chi connectivity index (χ2v) is 5.75. The minimum absolute atomic E-state index is 0.0900. The molecule has 0 atom stereocenters. The lowest BCUT2D eigenvalue weighted by Gasteiger charge is -2.25. The van der Waals surface area contributed by atoms with Crippen LogP contribution in [-0.4, -0.2) is 48.3 Å². The summed E-state index contributed by atoms with van der Waals surface area (Å²) in [7, 11) is 1.71. The van der Waals surface area contributed by atoms with Gasteiger partial charge in [0.05, 0.1) is 0 Å². The van der Waals surface area contributed by atoms with E-state index in [9.17, 15) is 0 Å². The van der Waals surface area contributed by atoms with Gasteiger partial charge in [-0.3, -0.25) is 0 Å². The van der Waals surface area contributed by atoms with Gasteiger partial charge in [-0.25, -0.2) is 0 Å². The van der Waals surface area contributed by atoms with Crippen molar-refractivity contribution in [2.45, 2.75) is 34.1 Å². The van der Waals surface area contributed by atoms with Crippen LogP contribution in [0.25, 0.3) is 0 Å². The van der Waals surface area contributed by atoms with E-state index < -0.39 is 0 Å². The number of anilines is 3. The molecule has 0 bridgehead atoms. The van der Waals surface area contributed by atoms with Crippen molar-refractivity contribution in [1.29, 1.82) is 0 Å². The van der Waals surface area contributed by atoms with Crippen molar-refractivity contribution in [2.24, 2.45) is 5.41 Å². The van der Waals surface area contributed by atoms with Gasteiger partial charge in [-0.1, -0.05) is 13.8 Å². The Bertz CT molecular complexity index is 433. The Morgan fingerprint density at radius 3 is 2.43 bits per heavy atom. The van der Waals surface area contributed by atoms with Crippen molar-refractivity contribution >= 4 is 17.8 Å². The van der Waals surface area contributed by atoms with Crippen LogP contribution in [0.1, 0.15) is 34.1 Å². The van der Waals surface area contributed by atoms with E-state index in [0.717, 1.165) is 32.7 Å². The zero-order chi connectivity index (χ0) is 15.9. The Hall–Kier alpha value is -1.63. The van der Waals surface area contributed by atoms with Gasteiger partial charge < -0.3 is 20.7 Å². The summed E-state index contributed by atoms with van der Waals surface area (Å²) in [5.74, 6) is 1.38. The molecule has 0 saturated heterocycles. The van der Waals surface area contributed by atoms with Gasteiger partial charge in [0.25, 0.3) is 0 Å². The van der Waals surface area contributed by atoms with E-state index in [0.29, 0.717) is 11.9 Å². The van der Waals surface area contributed by atoms with Gasteiger partial charge in [-0.05, 0) is 25.7 Å². The molecule has 0 aliphatic heterocycles.